The third-order valence-electron chi connectivity index (χ3n) is 2.43. The molecule has 3 nitrogen and oxygen atoms in total. The molecule has 0 amide bonds. The summed E-state index contributed by atoms with van der Waals surface area (Å²) in [5, 5.41) is 0. The first-order valence-corrected chi connectivity index (χ1v) is 6.57. The summed E-state index contributed by atoms with van der Waals surface area (Å²) in [5.41, 5.74) is 5.52. The molecule has 0 aliphatic carbocycles. The first kappa shape index (κ1) is 13.7. The number of thiophene rings is 1. The van der Waals surface area contributed by atoms with Gasteiger partial charge < -0.3 is 10.5 Å². The van der Waals surface area contributed by atoms with E-state index in [-0.39, 0.29) is 12.0 Å². The van der Waals surface area contributed by atoms with Crippen molar-refractivity contribution >= 4 is 33.2 Å². The molecule has 0 radical (unpaired) electrons. The number of halogens is 1. The quantitative estimate of drug-likeness (QED) is 0.870. The number of carbonyl (C=O) groups is 1. The zero-order chi connectivity index (χ0) is 12.3. The van der Waals surface area contributed by atoms with Gasteiger partial charge in [-0.15, -0.1) is 11.3 Å². The Labute approximate surface area is 108 Å². The van der Waals surface area contributed by atoms with Crippen LogP contribution in [-0.2, 0) is 9.53 Å². The second-order valence-corrected chi connectivity index (χ2v) is 6.82. The topological polar surface area (TPSA) is 52.3 Å². The van der Waals surface area contributed by atoms with Crippen LogP contribution in [0.1, 0.15) is 31.2 Å². The van der Waals surface area contributed by atoms with Crippen LogP contribution in [0.5, 0.6) is 0 Å². The maximum Gasteiger partial charge on any atom is 0.311 e. The normalized spacial score (nSPS) is 13.6. The van der Waals surface area contributed by atoms with Gasteiger partial charge in [0, 0.05) is 10.9 Å². The van der Waals surface area contributed by atoms with Crippen LogP contribution in [0.25, 0.3) is 0 Å². The van der Waals surface area contributed by atoms with Gasteiger partial charge in [0.2, 0.25) is 0 Å². The zero-order valence-corrected chi connectivity index (χ0v) is 12.0. The van der Waals surface area contributed by atoms with E-state index in [2.05, 4.69) is 15.9 Å². The van der Waals surface area contributed by atoms with Crippen LogP contribution in [0.2, 0.25) is 0 Å². The highest BCUT2D eigenvalue weighted by Gasteiger charge is 2.31. The number of hydrogen-bond acceptors (Lipinski definition) is 4. The fraction of sp³-hybridized carbons (Fsp3) is 0.545. The van der Waals surface area contributed by atoms with Crippen molar-refractivity contribution in [3.8, 4) is 0 Å². The Morgan fingerprint density at radius 3 is 2.69 bits per heavy atom. The van der Waals surface area contributed by atoms with Crippen LogP contribution in [0.3, 0.4) is 0 Å². The first-order valence-electron chi connectivity index (χ1n) is 4.96. The third kappa shape index (κ3) is 3.30. The maximum absolute atomic E-state index is 11.5. The van der Waals surface area contributed by atoms with Gasteiger partial charge in [0.25, 0.3) is 0 Å². The third-order valence-corrected chi connectivity index (χ3v) is 4.18. The van der Waals surface area contributed by atoms with Crippen molar-refractivity contribution in [3.05, 3.63) is 20.8 Å². The predicted octanol–water partition coefficient (Wildman–Crippen LogP) is 3.10. The summed E-state index contributed by atoms with van der Waals surface area (Å²) in [5.74, 6) is -0.224. The average Bonchev–Trinajstić information content (AvgIpc) is 2.63. The molecule has 0 saturated carbocycles. The van der Waals surface area contributed by atoms with Crippen LogP contribution < -0.4 is 5.73 Å². The molecule has 1 heterocycles. The highest BCUT2D eigenvalue weighted by molar-refractivity contribution is 9.11. The van der Waals surface area contributed by atoms with Gasteiger partial charge in [-0.1, -0.05) is 0 Å². The minimum atomic E-state index is -0.551. The van der Waals surface area contributed by atoms with Crippen LogP contribution >= 0.6 is 27.3 Å². The highest BCUT2D eigenvalue weighted by Crippen LogP contribution is 2.34. The molecule has 16 heavy (non-hydrogen) atoms. The van der Waals surface area contributed by atoms with E-state index < -0.39 is 5.41 Å². The molecule has 90 valence electrons. The zero-order valence-electron chi connectivity index (χ0n) is 9.62. The summed E-state index contributed by atoms with van der Waals surface area (Å²) in [7, 11) is 1.40. The van der Waals surface area contributed by atoms with Gasteiger partial charge in [0.05, 0.1) is 16.3 Å². The van der Waals surface area contributed by atoms with Crippen molar-refractivity contribution in [2.45, 2.75) is 26.3 Å². The molecule has 1 unspecified atom stereocenters. The van der Waals surface area contributed by atoms with Crippen LogP contribution in [-0.4, -0.2) is 13.1 Å². The second kappa shape index (κ2) is 5.29. The molecule has 0 spiro atoms. The predicted molar refractivity (Wildman–Crippen MR) is 69.4 cm³/mol. The molecule has 0 bridgehead atoms. The molecular formula is C11H16BrNO2S. The number of ether oxygens (including phenoxy) is 1. The largest absolute Gasteiger partial charge is 0.469 e. The van der Waals surface area contributed by atoms with Crippen molar-refractivity contribution < 1.29 is 9.53 Å². The van der Waals surface area contributed by atoms with Crippen LogP contribution in [0, 0.1) is 5.41 Å². The van der Waals surface area contributed by atoms with Crippen molar-refractivity contribution in [2.75, 3.05) is 7.11 Å². The SMILES string of the molecule is COC(=O)C(C)(C)CC(N)c1ccc(Br)s1. The van der Waals surface area contributed by atoms with Crippen molar-refractivity contribution in [3.63, 3.8) is 0 Å². The molecule has 1 rings (SSSR count). The molecule has 0 fully saturated rings. The van der Waals surface area contributed by atoms with E-state index in [1.165, 1.54) is 7.11 Å². The molecule has 1 atom stereocenters. The monoisotopic (exact) mass is 305 g/mol. The van der Waals surface area contributed by atoms with Crippen molar-refractivity contribution in [2.24, 2.45) is 11.1 Å². The summed E-state index contributed by atoms with van der Waals surface area (Å²) < 4.78 is 5.81. The molecule has 1 aromatic heterocycles. The van der Waals surface area contributed by atoms with Gasteiger partial charge in [-0.3, -0.25) is 4.79 Å². The van der Waals surface area contributed by atoms with Gasteiger partial charge in [-0.25, -0.2) is 0 Å². The Kier molecular flexibility index (Phi) is 4.52. The van der Waals surface area contributed by atoms with E-state index in [1.54, 1.807) is 11.3 Å². The summed E-state index contributed by atoms with van der Waals surface area (Å²) >= 11 is 4.99. The van der Waals surface area contributed by atoms with E-state index >= 15 is 0 Å². The highest BCUT2D eigenvalue weighted by atomic mass is 79.9. The number of rotatable bonds is 4. The average molecular weight is 306 g/mol. The molecule has 0 aliphatic heterocycles. The number of methoxy groups -OCH3 is 1. The fourth-order valence-corrected chi connectivity index (χ4v) is 2.96. The Morgan fingerprint density at radius 2 is 2.25 bits per heavy atom. The number of hydrogen-bond donors (Lipinski definition) is 1. The minimum absolute atomic E-state index is 0.134. The van der Waals surface area contributed by atoms with Gasteiger partial charge >= 0.3 is 5.97 Å². The Bertz CT molecular complexity index is 376. The van der Waals surface area contributed by atoms with Crippen LogP contribution in [0.4, 0.5) is 0 Å². The first-order chi connectivity index (χ1) is 7.36. The van der Waals surface area contributed by atoms with E-state index in [0.29, 0.717) is 6.42 Å². The summed E-state index contributed by atoms with van der Waals surface area (Å²) in [6.07, 6.45) is 0.576. The molecular weight excluding hydrogens is 290 g/mol. The van der Waals surface area contributed by atoms with Crippen molar-refractivity contribution in [1.82, 2.24) is 0 Å². The lowest BCUT2D eigenvalue weighted by Gasteiger charge is -2.24. The number of esters is 1. The second-order valence-electron chi connectivity index (χ2n) is 4.33. The standard InChI is InChI=1S/C11H16BrNO2S/c1-11(2,10(14)15-3)6-7(13)8-4-5-9(12)16-8/h4-5,7H,6,13H2,1-3H3. The maximum atomic E-state index is 11.5. The molecule has 0 aromatic carbocycles. The van der Waals surface area contributed by atoms with E-state index in [1.807, 2.05) is 26.0 Å². The summed E-state index contributed by atoms with van der Waals surface area (Å²) in [6, 6.07) is 3.81. The molecule has 0 saturated heterocycles. The molecule has 5 heteroatoms. The Balaban J connectivity index is 2.70. The van der Waals surface area contributed by atoms with Crippen molar-refractivity contribution in [1.29, 1.82) is 0 Å². The number of carbonyl (C=O) groups excluding carboxylic acids is 1. The fourth-order valence-electron chi connectivity index (χ4n) is 1.54. The lowest BCUT2D eigenvalue weighted by atomic mass is 9.85. The summed E-state index contributed by atoms with van der Waals surface area (Å²) in [6.45, 7) is 3.70. The lowest BCUT2D eigenvalue weighted by Crippen LogP contribution is -2.29. The molecule has 2 N–H and O–H groups in total. The van der Waals surface area contributed by atoms with Crippen LogP contribution in [0.15, 0.2) is 15.9 Å². The smallest absolute Gasteiger partial charge is 0.311 e. The molecule has 0 aliphatic rings. The Morgan fingerprint density at radius 1 is 1.62 bits per heavy atom. The van der Waals surface area contributed by atoms with E-state index in [4.69, 9.17) is 10.5 Å². The Hall–Kier alpha value is -0.390. The van der Waals surface area contributed by atoms with Gasteiger partial charge in [-0.2, -0.15) is 0 Å². The van der Waals surface area contributed by atoms with Gasteiger partial charge in [0.1, 0.15) is 0 Å². The van der Waals surface area contributed by atoms with Gasteiger partial charge in [-0.05, 0) is 48.3 Å². The molecule has 1 aromatic rings. The van der Waals surface area contributed by atoms with Gasteiger partial charge in [0.15, 0.2) is 0 Å². The minimum Gasteiger partial charge on any atom is -0.469 e. The number of nitrogens with two attached hydrogens (primary N) is 1. The van der Waals surface area contributed by atoms with E-state index in [0.717, 1.165) is 8.66 Å². The lowest BCUT2D eigenvalue weighted by molar-refractivity contribution is -0.151. The van der Waals surface area contributed by atoms with E-state index in [9.17, 15) is 4.79 Å². The summed E-state index contributed by atoms with van der Waals surface area (Å²) in [4.78, 5) is 12.6.